The van der Waals surface area contributed by atoms with Gasteiger partial charge in [-0.3, -0.25) is 0 Å². The smallest absolute Gasteiger partial charge is 0.457 e. The molecule has 1 unspecified atom stereocenters. The van der Waals surface area contributed by atoms with E-state index in [9.17, 15) is 22.0 Å². The van der Waals surface area contributed by atoms with Gasteiger partial charge in [-0.1, -0.05) is 38.5 Å². The number of rotatable bonds is 4. The first-order valence-corrected chi connectivity index (χ1v) is 6.73. The zero-order valence-electron chi connectivity index (χ0n) is 12.9. The number of aryl methyl sites for hydroxylation is 1. The first-order valence-electron chi connectivity index (χ1n) is 6.73. The van der Waals surface area contributed by atoms with Gasteiger partial charge in [0.1, 0.15) is 5.75 Å². The van der Waals surface area contributed by atoms with Gasteiger partial charge in [-0.2, -0.15) is 22.0 Å². The summed E-state index contributed by atoms with van der Waals surface area (Å²) < 4.78 is 69.3. The Morgan fingerprint density at radius 3 is 2.05 bits per heavy atom. The van der Waals surface area contributed by atoms with Crippen LogP contribution in [-0.4, -0.2) is 24.7 Å². The molecule has 0 aromatic heterocycles. The number of halogens is 5. The molecular formula is C15H20F5NO. The van der Waals surface area contributed by atoms with Crippen LogP contribution in [-0.2, 0) is 5.41 Å². The van der Waals surface area contributed by atoms with Crippen LogP contribution in [0.1, 0.15) is 31.9 Å². The number of hydrogen-bond acceptors (Lipinski definition) is 2. The van der Waals surface area contributed by atoms with Gasteiger partial charge in [0.25, 0.3) is 0 Å². The van der Waals surface area contributed by atoms with Gasteiger partial charge in [0, 0.05) is 6.54 Å². The Labute approximate surface area is 126 Å². The zero-order valence-corrected chi connectivity index (χ0v) is 12.9. The number of hydrogen-bond donors (Lipinski definition) is 1. The van der Waals surface area contributed by atoms with E-state index < -0.39 is 30.2 Å². The highest BCUT2D eigenvalue weighted by Crippen LogP contribution is 2.41. The van der Waals surface area contributed by atoms with Crippen LogP contribution < -0.4 is 10.5 Å². The normalized spacial score (nSPS) is 14.8. The van der Waals surface area contributed by atoms with Crippen LogP contribution in [0.15, 0.2) is 18.2 Å². The van der Waals surface area contributed by atoms with Crippen LogP contribution in [0.4, 0.5) is 22.0 Å². The molecule has 0 fully saturated rings. The van der Waals surface area contributed by atoms with Crippen molar-refractivity contribution in [2.24, 2.45) is 5.73 Å². The van der Waals surface area contributed by atoms with Crippen LogP contribution in [0.25, 0.3) is 0 Å². The van der Waals surface area contributed by atoms with Crippen LogP contribution in [0, 0.1) is 6.92 Å². The van der Waals surface area contributed by atoms with Crippen molar-refractivity contribution in [3.8, 4) is 5.75 Å². The lowest BCUT2D eigenvalue weighted by molar-refractivity contribution is -0.307. The van der Waals surface area contributed by atoms with Crippen LogP contribution in [0.3, 0.4) is 0 Å². The summed E-state index contributed by atoms with van der Waals surface area (Å²) in [5, 5.41) is 0. The summed E-state index contributed by atoms with van der Waals surface area (Å²) >= 11 is 0. The van der Waals surface area contributed by atoms with Gasteiger partial charge in [0.2, 0.25) is 0 Å². The van der Waals surface area contributed by atoms with Crippen molar-refractivity contribution in [2.75, 3.05) is 6.54 Å². The molecule has 0 radical (unpaired) electrons. The minimum Gasteiger partial charge on any atom is -0.482 e. The quantitative estimate of drug-likeness (QED) is 0.842. The van der Waals surface area contributed by atoms with E-state index in [1.54, 1.807) is 19.1 Å². The van der Waals surface area contributed by atoms with Crippen LogP contribution in [0.2, 0.25) is 0 Å². The van der Waals surface area contributed by atoms with Crippen molar-refractivity contribution in [3.63, 3.8) is 0 Å². The third-order valence-corrected chi connectivity index (χ3v) is 3.21. The average molecular weight is 325 g/mol. The summed E-state index contributed by atoms with van der Waals surface area (Å²) in [5.74, 6) is -5.04. The van der Waals surface area contributed by atoms with Gasteiger partial charge in [-0.05, 0) is 24.0 Å². The van der Waals surface area contributed by atoms with E-state index >= 15 is 0 Å². The van der Waals surface area contributed by atoms with Crippen molar-refractivity contribution in [2.45, 2.75) is 51.3 Å². The maximum Gasteiger partial charge on any atom is 0.457 e. The summed E-state index contributed by atoms with van der Waals surface area (Å²) in [6, 6.07) is 4.68. The molecule has 0 amide bonds. The lowest BCUT2D eigenvalue weighted by Crippen LogP contribution is -2.53. The fraction of sp³-hybridized carbons (Fsp3) is 0.600. The van der Waals surface area contributed by atoms with Crippen molar-refractivity contribution in [1.82, 2.24) is 0 Å². The third-order valence-electron chi connectivity index (χ3n) is 3.21. The van der Waals surface area contributed by atoms with E-state index in [0.29, 0.717) is 5.56 Å². The second-order valence-electron chi connectivity index (χ2n) is 6.21. The molecule has 2 nitrogen and oxygen atoms in total. The van der Waals surface area contributed by atoms with Crippen molar-refractivity contribution < 1.29 is 26.7 Å². The standard InChI is InChI=1S/C15H20F5NO/c1-9-5-6-11(10(7-9)13(2,3)4)22-12(8-21)14(16,17)15(18,19)20/h5-7,12H,8,21H2,1-4H3. The minimum absolute atomic E-state index is 0.0162. The van der Waals surface area contributed by atoms with Gasteiger partial charge >= 0.3 is 12.1 Å². The van der Waals surface area contributed by atoms with E-state index in [1.165, 1.54) is 6.07 Å². The molecule has 0 heterocycles. The molecule has 22 heavy (non-hydrogen) atoms. The summed E-state index contributed by atoms with van der Waals surface area (Å²) in [7, 11) is 0. The van der Waals surface area contributed by atoms with Gasteiger partial charge in [-0.15, -0.1) is 0 Å². The molecule has 1 aromatic carbocycles. The van der Waals surface area contributed by atoms with Crippen LogP contribution in [0.5, 0.6) is 5.75 Å². The Balaban J connectivity index is 3.23. The molecule has 7 heteroatoms. The molecule has 2 N–H and O–H groups in total. The summed E-state index contributed by atoms with van der Waals surface area (Å²) in [5.41, 5.74) is 6.01. The molecule has 0 spiro atoms. The van der Waals surface area contributed by atoms with Gasteiger partial charge in [0.05, 0.1) is 0 Å². The summed E-state index contributed by atoms with van der Waals surface area (Å²) in [6.45, 7) is 6.28. The van der Waals surface area contributed by atoms with Gasteiger partial charge in [0.15, 0.2) is 6.10 Å². The Morgan fingerprint density at radius 1 is 1.09 bits per heavy atom. The third kappa shape index (κ3) is 3.88. The minimum atomic E-state index is -5.72. The SMILES string of the molecule is Cc1ccc(OC(CN)C(F)(F)C(F)(F)F)c(C(C)(C)C)c1. The average Bonchev–Trinajstić information content (AvgIpc) is 2.34. The first kappa shape index (κ1) is 18.7. The van der Waals surface area contributed by atoms with E-state index in [2.05, 4.69) is 0 Å². The molecule has 0 aliphatic heterocycles. The number of ether oxygens (including phenoxy) is 1. The highest BCUT2D eigenvalue weighted by atomic mass is 19.4. The first-order chi connectivity index (χ1) is 9.80. The van der Waals surface area contributed by atoms with E-state index in [1.807, 2.05) is 20.8 Å². The molecule has 1 aromatic rings. The fourth-order valence-electron chi connectivity index (χ4n) is 1.94. The molecule has 126 valence electrons. The molecule has 1 atom stereocenters. The second kappa shape index (κ2) is 6.02. The highest BCUT2D eigenvalue weighted by Gasteiger charge is 2.63. The topological polar surface area (TPSA) is 35.2 Å². The summed E-state index contributed by atoms with van der Waals surface area (Å²) in [6.07, 6.45) is -8.19. The molecular weight excluding hydrogens is 305 g/mol. The maximum absolute atomic E-state index is 13.5. The predicted molar refractivity (Wildman–Crippen MR) is 74.4 cm³/mol. The Bertz CT molecular complexity index is 520. The maximum atomic E-state index is 13.5. The lowest BCUT2D eigenvalue weighted by Gasteiger charge is -2.31. The summed E-state index contributed by atoms with van der Waals surface area (Å²) in [4.78, 5) is 0. The molecule has 0 aliphatic carbocycles. The van der Waals surface area contributed by atoms with Crippen LogP contribution >= 0.6 is 0 Å². The number of benzene rings is 1. The second-order valence-corrected chi connectivity index (χ2v) is 6.21. The number of alkyl halides is 5. The number of nitrogens with two attached hydrogens (primary N) is 1. The zero-order chi connectivity index (χ0) is 17.3. The van der Waals surface area contributed by atoms with Crippen molar-refractivity contribution >= 4 is 0 Å². The molecule has 0 bridgehead atoms. The monoisotopic (exact) mass is 325 g/mol. The Morgan fingerprint density at radius 2 is 1.64 bits per heavy atom. The molecule has 0 saturated heterocycles. The van der Waals surface area contributed by atoms with Gasteiger partial charge in [-0.25, -0.2) is 0 Å². The lowest BCUT2D eigenvalue weighted by atomic mass is 9.85. The van der Waals surface area contributed by atoms with Crippen molar-refractivity contribution in [3.05, 3.63) is 29.3 Å². The highest BCUT2D eigenvalue weighted by molar-refractivity contribution is 5.41. The molecule has 0 aliphatic rings. The van der Waals surface area contributed by atoms with E-state index in [-0.39, 0.29) is 5.75 Å². The molecule has 1 rings (SSSR count). The van der Waals surface area contributed by atoms with Gasteiger partial charge < -0.3 is 10.5 Å². The van der Waals surface area contributed by atoms with E-state index in [4.69, 9.17) is 10.5 Å². The molecule has 0 saturated carbocycles. The fourth-order valence-corrected chi connectivity index (χ4v) is 1.94. The predicted octanol–water partition coefficient (Wildman–Crippen LogP) is 4.20. The van der Waals surface area contributed by atoms with Crippen molar-refractivity contribution in [1.29, 1.82) is 0 Å². The Kier molecular flexibility index (Phi) is 5.11. The van der Waals surface area contributed by atoms with E-state index in [0.717, 1.165) is 5.56 Å². The Hall–Kier alpha value is -1.37. The largest absolute Gasteiger partial charge is 0.482 e.